The molecule has 3 atom stereocenters. The Kier molecular flexibility index (Phi) is 4.53. The molecule has 24 heavy (non-hydrogen) atoms. The first-order chi connectivity index (χ1) is 11.7. The summed E-state index contributed by atoms with van der Waals surface area (Å²) in [6, 6.07) is 16.1. The summed E-state index contributed by atoms with van der Waals surface area (Å²) in [5.74, 6) is 1.24. The summed E-state index contributed by atoms with van der Waals surface area (Å²) in [4.78, 5) is 13.0. The van der Waals surface area contributed by atoms with Crippen LogP contribution in [0.1, 0.15) is 34.7 Å². The third-order valence-corrected chi connectivity index (χ3v) is 6.33. The van der Waals surface area contributed by atoms with Crippen molar-refractivity contribution in [2.45, 2.75) is 29.7 Å². The zero-order valence-electron chi connectivity index (χ0n) is 13.2. The number of piperidine rings is 1. The van der Waals surface area contributed by atoms with Crippen LogP contribution in [0.2, 0.25) is 5.02 Å². The summed E-state index contributed by atoms with van der Waals surface area (Å²) in [6.45, 7) is 1.12. The average Bonchev–Trinajstić information content (AvgIpc) is 3.24. The van der Waals surface area contributed by atoms with E-state index >= 15 is 0 Å². The highest BCUT2D eigenvalue weighted by Crippen LogP contribution is 2.44. The Bertz CT molecular complexity index is 752. The first kappa shape index (κ1) is 16.0. The van der Waals surface area contributed by atoms with Gasteiger partial charge in [-0.15, -0.1) is 0 Å². The van der Waals surface area contributed by atoms with Gasteiger partial charge < -0.3 is 5.32 Å². The van der Waals surface area contributed by atoms with Crippen molar-refractivity contribution in [1.29, 1.82) is 0 Å². The van der Waals surface area contributed by atoms with Crippen LogP contribution in [-0.2, 0) is 0 Å². The molecule has 1 amide bonds. The number of halogens is 1. The average molecular weight is 359 g/mol. The van der Waals surface area contributed by atoms with Gasteiger partial charge in [0.15, 0.2) is 0 Å². The third kappa shape index (κ3) is 3.18. The van der Waals surface area contributed by atoms with Crippen molar-refractivity contribution >= 4 is 29.5 Å². The number of fused-ring (bicyclic) bond motifs is 2. The molecule has 1 aliphatic heterocycles. The van der Waals surface area contributed by atoms with Crippen molar-refractivity contribution in [3.63, 3.8) is 0 Å². The number of carbonyl (C=O) groups excluding carboxylic acids is 1. The SMILES string of the molecule is O=C(NSc1ccc(C2CC3CC2CN3)cc1Cl)c1ccccc1. The van der Waals surface area contributed by atoms with Crippen LogP contribution < -0.4 is 10.0 Å². The fourth-order valence-corrected chi connectivity index (χ4v) is 4.74. The highest BCUT2D eigenvalue weighted by Gasteiger charge is 2.40. The Balaban J connectivity index is 1.42. The van der Waals surface area contributed by atoms with E-state index in [1.165, 1.54) is 30.4 Å². The molecule has 0 spiro atoms. The maximum atomic E-state index is 12.1. The number of benzene rings is 2. The molecule has 2 N–H and O–H groups in total. The van der Waals surface area contributed by atoms with Gasteiger partial charge in [0.2, 0.25) is 0 Å². The number of nitrogens with one attached hydrogen (secondary N) is 2. The molecule has 3 nitrogen and oxygen atoms in total. The van der Waals surface area contributed by atoms with Crippen LogP contribution >= 0.6 is 23.5 Å². The normalized spacial score (nSPS) is 25.0. The van der Waals surface area contributed by atoms with Gasteiger partial charge in [-0.25, -0.2) is 0 Å². The highest BCUT2D eigenvalue weighted by atomic mass is 35.5. The van der Waals surface area contributed by atoms with Crippen molar-refractivity contribution in [2.24, 2.45) is 5.92 Å². The van der Waals surface area contributed by atoms with Gasteiger partial charge in [-0.05, 0) is 73.0 Å². The predicted octanol–water partition coefficient (Wildman–Crippen LogP) is 4.24. The lowest BCUT2D eigenvalue weighted by Gasteiger charge is -2.23. The Morgan fingerprint density at radius 3 is 2.67 bits per heavy atom. The van der Waals surface area contributed by atoms with E-state index in [1.54, 1.807) is 12.1 Å². The maximum absolute atomic E-state index is 12.1. The summed E-state index contributed by atoms with van der Waals surface area (Å²) in [5.41, 5.74) is 1.97. The second kappa shape index (κ2) is 6.79. The van der Waals surface area contributed by atoms with Crippen LogP contribution in [-0.4, -0.2) is 18.5 Å². The topological polar surface area (TPSA) is 41.1 Å². The van der Waals surface area contributed by atoms with Crippen molar-refractivity contribution in [2.75, 3.05) is 6.54 Å². The zero-order valence-corrected chi connectivity index (χ0v) is 14.7. The van der Waals surface area contributed by atoms with E-state index in [2.05, 4.69) is 22.2 Å². The Morgan fingerprint density at radius 1 is 1.17 bits per heavy atom. The van der Waals surface area contributed by atoms with Gasteiger partial charge in [0.25, 0.3) is 5.91 Å². The molecule has 0 aromatic heterocycles. The molecular weight excluding hydrogens is 340 g/mol. The Labute approximate surface area is 151 Å². The lowest BCUT2D eigenvalue weighted by molar-refractivity contribution is 0.0984. The molecule has 2 fully saturated rings. The maximum Gasteiger partial charge on any atom is 0.261 e. The minimum Gasteiger partial charge on any atom is -0.314 e. The zero-order chi connectivity index (χ0) is 16.5. The molecule has 124 valence electrons. The number of amides is 1. The molecule has 2 aromatic rings. The van der Waals surface area contributed by atoms with Gasteiger partial charge in [-0.3, -0.25) is 9.52 Å². The van der Waals surface area contributed by atoms with E-state index in [0.717, 1.165) is 17.4 Å². The summed E-state index contributed by atoms with van der Waals surface area (Å²) < 4.78 is 2.86. The molecule has 2 aromatic carbocycles. The molecule has 0 radical (unpaired) electrons. The van der Waals surface area contributed by atoms with E-state index in [9.17, 15) is 4.79 Å². The molecule has 3 unspecified atom stereocenters. The highest BCUT2D eigenvalue weighted by molar-refractivity contribution is 7.98. The smallest absolute Gasteiger partial charge is 0.261 e. The van der Waals surface area contributed by atoms with Crippen LogP contribution in [0.25, 0.3) is 0 Å². The number of hydrogen-bond donors (Lipinski definition) is 2. The molecule has 1 aliphatic carbocycles. The van der Waals surface area contributed by atoms with Crippen LogP contribution in [0, 0.1) is 5.92 Å². The van der Waals surface area contributed by atoms with Gasteiger partial charge >= 0.3 is 0 Å². The standard InChI is InChI=1S/C19H19ClN2OS/c20-17-9-13(16-10-15-8-14(16)11-21-15)6-7-18(17)24-22-19(23)12-4-2-1-3-5-12/h1-7,9,14-16,21H,8,10-11H2,(H,22,23). The van der Waals surface area contributed by atoms with Gasteiger partial charge in [0.1, 0.15) is 0 Å². The lowest BCUT2D eigenvalue weighted by atomic mass is 9.88. The van der Waals surface area contributed by atoms with Crippen molar-refractivity contribution in [3.05, 3.63) is 64.7 Å². The first-order valence-electron chi connectivity index (χ1n) is 8.26. The number of rotatable bonds is 4. The summed E-state index contributed by atoms with van der Waals surface area (Å²) in [7, 11) is 0. The molecule has 5 heteroatoms. The second-order valence-electron chi connectivity index (χ2n) is 6.53. The van der Waals surface area contributed by atoms with Crippen LogP contribution in [0.15, 0.2) is 53.4 Å². The van der Waals surface area contributed by atoms with E-state index in [-0.39, 0.29) is 5.91 Å². The van der Waals surface area contributed by atoms with Gasteiger partial charge in [0.05, 0.1) is 5.02 Å². The second-order valence-corrected chi connectivity index (χ2v) is 7.79. The molecule has 1 saturated heterocycles. The minimum atomic E-state index is -0.111. The van der Waals surface area contributed by atoms with Gasteiger partial charge in [0, 0.05) is 16.5 Å². The predicted molar refractivity (Wildman–Crippen MR) is 98.5 cm³/mol. The monoisotopic (exact) mass is 358 g/mol. The molecule has 2 bridgehead atoms. The van der Waals surface area contributed by atoms with Crippen LogP contribution in [0.5, 0.6) is 0 Å². The minimum absolute atomic E-state index is 0.111. The fraction of sp³-hybridized carbons (Fsp3) is 0.316. The summed E-state index contributed by atoms with van der Waals surface area (Å²) in [6.07, 6.45) is 2.49. The molecule has 1 saturated carbocycles. The van der Waals surface area contributed by atoms with E-state index < -0.39 is 0 Å². The van der Waals surface area contributed by atoms with Crippen LogP contribution in [0.3, 0.4) is 0 Å². The van der Waals surface area contributed by atoms with E-state index in [4.69, 9.17) is 11.6 Å². The van der Waals surface area contributed by atoms with Gasteiger partial charge in [-0.2, -0.15) is 0 Å². The molecular formula is C19H19ClN2OS. The summed E-state index contributed by atoms with van der Waals surface area (Å²) >= 11 is 7.72. The first-order valence-corrected chi connectivity index (χ1v) is 9.45. The largest absolute Gasteiger partial charge is 0.314 e. The number of carbonyl (C=O) groups is 1. The lowest BCUT2D eigenvalue weighted by Crippen LogP contribution is -2.28. The molecule has 4 rings (SSSR count). The summed E-state index contributed by atoms with van der Waals surface area (Å²) in [5, 5.41) is 4.26. The van der Waals surface area contributed by atoms with Crippen molar-refractivity contribution < 1.29 is 4.79 Å². The molecule has 1 heterocycles. The van der Waals surface area contributed by atoms with Crippen LogP contribution in [0.4, 0.5) is 0 Å². The van der Waals surface area contributed by atoms with E-state index in [0.29, 0.717) is 22.5 Å². The van der Waals surface area contributed by atoms with Gasteiger partial charge in [-0.1, -0.05) is 35.9 Å². The third-order valence-electron chi connectivity index (χ3n) is 5.04. The Hall–Kier alpha value is -1.49. The van der Waals surface area contributed by atoms with E-state index in [1.807, 2.05) is 24.3 Å². The molecule has 2 aliphatic rings. The number of hydrogen-bond acceptors (Lipinski definition) is 3. The quantitative estimate of drug-likeness (QED) is 0.803. The fourth-order valence-electron chi connectivity index (χ4n) is 3.82. The Morgan fingerprint density at radius 2 is 2.00 bits per heavy atom. The van der Waals surface area contributed by atoms with Crippen molar-refractivity contribution in [3.8, 4) is 0 Å². The van der Waals surface area contributed by atoms with Crippen molar-refractivity contribution in [1.82, 2.24) is 10.0 Å².